The van der Waals surface area contributed by atoms with E-state index in [0.29, 0.717) is 6.42 Å². The highest BCUT2D eigenvalue weighted by atomic mass is 16.6. The van der Waals surface area contributed by atoms with Crippen molar-refractivity contribution in [1.82, 2.24) is 5.32 Å². The first-order chi connectivity index (χ1) is 8.72. The van der Waals surface area contributed by atoms with Crippen LogP contribution in [0.3, 0.4) is 0 Å². The summed E-state index contributed by atoms with van der Waals surface area (Å²) < 4.78 is 0. The summed E-state index contributed by atoms with van der Waals surface area (Å²) in [6.07, 6.45) is 0.566. The number of amides is 1. The first-order valence-electron chi connectivity index (χ1n) is 6.17. The van der Waals surface area contributed by atoms with Crippen LogP contribution in [-0.4, -0.2) is 39.5 Å². The lowest BCUT2D eigenvalue weighted by molar-refractivity contribution is -0.528. The van der Waals surface area contributed by atoms with Crippen LogP contribution in [0.2, 0.25) is 0 Å². The number of carbonyl (C=O) groups excluding carboxylic acids is 1. The maximum Gasteiger partial charge on any atom is 0.336 e. The predicted molar refractivity (Wildman–Crippen MR) is 66.0 cm³/mol. The molecule has 0 aromatic heterocycles. The fourth-order valence-corrected chi connectivity index (χ4v) is 2.33. The number of nitro groups is 1. The van der Waals surface area contributed by atoms with Crippen LogP contribution in [-0.2, 0) is 9.59 Å². The number of hydrogen-bond acceptors (Lipinski definition) is 5. The standard InChI is InChI=1S/C11H19N3O5/c1-6(2)8(12)9(15)13-11(10(16)17)5-3-4-7(11)14(18)19/h6-8H,3-5,12H2,1-2H3,(H,13,15)(H,16,17)/t7?,8-,11?/m0/s1. The summed E-state index contributed by atoms with van der Waals surface area (Å²) in [4.78, 5) is 33.6. The van der Waals surface area contributed by atoms with Crippen molar-refractivity contribution in [1.29, 1.82) is 0 Å². The van der Waals surface area contributed by atoms with Gasteiger partial charge in [0.1, 0.15) is 0 Å². The third kappa shape index (κ3) is 2.83. The summed E-state index contributed by atoms with van der Waals surface area (Å²) in [5, 5.41) is 22.6. The Morgan fingerprint density at radius 1 is 1.53 bits per heavy atom. The van der Waals surface area contributed by atoms with Gasteiger partial charge in [-0.25, -0.2) is 4.79 Å². The van der Waals surface area contributed by atoms with Gasteiger partial charge in [-0.05, 0) is 18.8 Å². The van der Waals surface area contributed by atoms with E-state index >= 15 is 0 Å². The highest BCUT2D eigenvalue weighted by Gasteiger charge is 2.58. The summed E-state index contributed by atoms with van der Waals surface area (Å²) >= 11 is 0. The van der Waals surface area contributed by atoms with E-state index in [2.05, 4.69) is 5.32 Å². The second-order valence-electron chi connectivity index (χ2n) is 5.23. The van der Waals surface area contributed by atoms with Gasteiger partial charge in [0.25, 0.3) is 0 Å². The van der Waals surface area contributed by atoms with Gasteiger partial charge in [-0.1, -0.05) is 13.8 Å². The second-order valence-corrected chi connectivity index (χ2v) is 5.23. The molecule has 8 heteroatoms. The van der Waals surface area contributed by atoms with E-state index in [4.69, 9.17) is 5.73 Å². The van der Waals surface area contributed by atoms with Gasteiger partial charge in [0.2, 0.25) is 17.5 Å². The first kappa shape index (κ1) is 15.4. The predicted octanol–water partition coefficient (Wildman–Crippen LogP) is -0.261. The molecular formula is C11H19N3O5. The number of aliphatic carboxylic acids is 1. The molecule has 0 aromatic carbocycles. The minimum Gasteiger partial charge on any atom is -0.479 e. The average molecular weight is 273 g/mol. The van der Waals surface area contributed by atoms with E-state index in [1.807, 2.05) is 0 Å². The smallest absolute Gasteiger partial charge is 0.336 e. The maximum atomic E-state index is 11.9. The fourth-order valence-electron chi connectivity index (χ4n) is 2.33. The molecule has 0 spiro atoms. The normalized spacial score (nSPS) is 28.1. The van der Waals surface area contributed by atoms with Crippen LogP contribution in [0, 0.1) is 16.0 Å². The Labute approximate surface area is 110 Å². The zero-order chi connectivity index (χ0) is 14.8. The minimum atomic E-state index is -1.84. The Kier molecular flexibility index (Phi) is 4.46. The van der Waals surface area contributed by atoms with E-state index < -0.39 is 34.4 Å². The number of carboxylic acid groups (broad SMARTS) is 1. The van der Waals surface area contributed by atoms with Crippen molar-refractivity contribution in [3.8, 4) is 0 Å². The van der Waals surface area contributed by atoms with Crippen molar-refractivity contribution >= 4 is 11.9 Å². The van der Waals surface area contributed by atoms with E-state index in [-0.39, 0.29) is 18.8 Å². The molecule has 0 aliphatic heterocycles. The summed E-state index contributed by atoms with van der Waals surface area (Å²) in [6, 6.07) is -2.20. The van der Waals surface area contributed by atoms with Crippen LogP contribution in [0.4, 0.5) is 0 Å². The molecule has 1 aliphatic carbocycles. The summed E-state index contributed by atoms with van der Waals surface area (Å²) in [5.74, 6) is -2.22. The van der Waals surface area contributed by atoms with Crippen LogP contribution in [0.25, 0.3) is 0 Å². The Morgan fingerprint density at radius 2 is 2.11 bits per heavy atom. The monoisotopic (exact) mass is 273 g/mol. The lowest BCUT2D eigenvalue weighted by atomic mass is 9.92. The SMILES string of the molecule is CC(C)[C@H](N)C(=O)NC1(C(=O)O)CCCC1[N+](=O)[O-]. The molecule has 1 fully saturated rings. The highest BCUT2D eigenvalue weighted by molar-refractivity contribution is 5.90. The molecule has 0 heterocycles. The molecule has 19 heavy (non-hydrogen) atoms. The van der Waals surface area contributed by atoms with Gasteiger partial charge >= 0.3 is 5.97 Å². The van der Waals surface area contributed by atoms with Gasteiger partial charge in [0.05, 0.1) is 6.04 Å². The summed E-state index contributed by atoms with van der Waals surface area (Å²) in [7, 11) is 0. The largest absolute Gasteiger partial charge is 0.479 e. The van der Waals surface area contributed by atoms with Crippen molar-refractivity contribution < 1.29 is 19.6 Å². The molecule has 0 aromatic rings. The lowest BCUT2D eigenvalue weighted by Crippen LogP contribution is -2.64. The first-order valence-corrected chi connectivity index (χ1v) is 6.17. The maximum absolute atomic E-state index is 11.9. The number of nitrogens with zero attached hydrogens (tertiary/aromatic N) is 1. The van der Waals surface area contributed by atoms with E-state index in [1.54, 1.807) is 13.8 Å². The lowest BCUT2D eigenvalue weighted by Gasteiger charge is -2.29. The molecule has 3 atom stereocenters. The van der Waals surface area contributed by atoms with Crippen LogP contribution in [0.1, 0.15) is 33.1 Å². The number of nitrogens with one attached hydrogen (secondary N) is 1. The number of hydrogen-bond donors (Lipinski definition) is 3. The Morgan fingerprint density at radius 3 is 2.53 bits per heavy atom. The number of carbonyl (C=O) groups is 2. The highest BCUT2D eigenvalue weighted by Crippen LogP contribution is 2.32. The van der Waals surface area contributed by atoms with Crippen LogP contribution in [0.5, 0.6) is 0 Å². The molecule has 0 saturated heterocycles. The van der Waals surface area contributed by atoms with E-state index in [0.717, 1.165) is 0 Å². The Balaban J connectivity index is 2.99. The van der Waals surface area contributed by atoms with Crippen molar-refractivity contribution in [3.63, 3.8) is 0 Å². The minimum absolute atomic E-state index is 0.0462. The molecular weight excluding hydrogens is 254 g/mol. The van der Waals surface area contributed by atoms with Crippen molar-refractivity contribution in [2.24, 2.45) is 11.7 Å². The van der Waals surface area contributed by atoms with E-state index in [1.165, 1.54) is 0 Å². The molecule has 4 N–H and O–H groups in total. The van der Waals surface area contributed by atoms with Crippen LogP contribution < -0.4 is 11.1 Å². The Bertz CT molecular complexity index is 398. The van der Waals surface area contributed by atoms with Crippen LogP contribution in [0.15, 0.2) is 0 Å². The number of nitrogens with two attached hydrogens (primary N) is 1. The van der Waals surface area contributed by atoms with Gasteiger partial charge in [-0.3, -0.25) is 14.9 Å². The summed E-state index contributed by atoms with van der Waals surface area (Å²) in [5.41, 5.74) is 3.80. The third-order valence-corrected chi connectivity index (χ3v) is 3.62. The molecule has 1 aliphatic rings. The average Bonchev–Trinajstić information content (AvgIpc) is 2.72. The quantitative estimate of drug-likeness (QED) is 0.466. The second kappa shape index (κ2) is 5.52. The van der Waals surface area contributed by atoms with Gasteiger partial charge in [0, 0.05) is 11.3 Å². The molecule has 0 radical (unpaired) electrons. The molecule has 108 valence electrons. The molecule has 1 saturated carbocycles. The third-order valence-electron chi connectivity index (χ3n) is 3.62. The summed E-state index contributed by atoms with van der Waals surface area (Å²) in [6.45, 7) is 3.44. The molecule has 0 bridgehead atoms. The van der Waals surface area contributed by atoms with Gasteiger partial charge < -0.3 is 16.2 Å². The van der Waals surface area contributed by atoms with Gasteiger partial charge in [-0.2, -0.15) is 0 Å². The van der Waals surface area contributed by atoms with Crippen molar-refractivity contribution in [2.45, 2.75) is 50.7 Å². The molecule has 2 unspecified atom stereocenters. The topological polar surface area (TPSA) is 136 Å². The van der Waals surface area contributed by atoms with Crippen molar-refractivity contribution in [2.75, 3.05) is 0 Å². The fraction of sp³-hybridized carbons (Fsp3) is 0.818. The zero-order valence-electron chi connectivity index (χ0n) is 11.0. The number of rotatable bonds is 5. The van der Waals surface area contributed by atoms with Gasteiger partial charge in [-0.15, -0.1) is 0 Å². The molecule has 1 rings (SSSR count). The van der Waals surface area contributed by atoms with E-state index in [9.17, 15) is 24.8 Å². The molecule has 1 amide bonds. The number of carboxylic acids is 1. The molecule has 8 nitrogen and oxygen atoms in total. The van der Waals surface area contributed by atoms with Gasteiger partial charge in [0.15, 0.2) is 0 Å². The zero-order valence-corrected chi connectivity index (χ0v) is 11.0. The Hall–Kier alpha value is -1.70. The van der Waals surface area contributed by atoms with Crippen LogP contribution >= 0.6 is 0 Å². The van der Waals surface area contributed by atoms with Crippen molar-refractivity contribution in [3.05, 3.63) is 10.1 Å².